The maximum absolute atomic E-state index is 12.6. The Hall–Kier alpha value is -2.48. The van der Waals surface area contributed by atoms with E-state index in [0.717, 1.165) is 0 Å². The minimum atomic E-state index is -2.68. The number of aliphatic hydroxyl groups is 1. The number of benzene rings is 1. The number of rotatable bonds is 6. The number of nitrogens with one attached hydrogen (secondary N) is 2. The van der Waals surface area contributed by atoms with Gasteiger partial charge < -0.3 is 20.3 Å². The number of aliphatic hydroxyl groups excluding tert-OH is 1. The summed E-state index contributed by atoms with van der Waals surface area (Å²) in [5, 5.41) is 11.6. The number of alkyl halides is 2. The molecular formula is C14H16F2N4O2. The summed E-state index contributed by atoms with van der Waals surface area (Å²) in [5.41, 5.74) is 1.24. The summed E-state index contributed by atoms with van der Waals surface area (Å²) >= 11 is 0. The first kappa shape index (κ1) is 15.9. The maximum Gasteiger partial charge on any atom is 0.322 e. The zero-order valence-corrected chi connectivity index (χ0v) is 11.7. The predicted molar refractivity (Wildman–Crippen MR) is 78.9 cm³/mol. The molecule has 0 aliphatic heterocycles. The number of imidazole rings is 1. The minimum Gasteiger partial charge on any atom is -0.395 e. The van der Waals surface area contributed by atoms with E-state index in [4.69, 9.17) is 5.11 Å². The van der Waals surface area contributed by atoms with Crippen LogP contribution in [0.1, 0.15) is 12.2 Å². The second kappa shape index (κ2) is 6.99. The molecule has 3 N–H and O–H groups in total. The highest BCUT2D eigenvalue weighted by Crippen LogP contribution is 2.22. The molecule has 1 heterocycles. The standard InChI is InChI=1S/C14H16F2N4O2/c1-2-5-20(6-7-21)14(22)17-9-3-4-10-11(8-9)19-13(18-10)12(15)16/h2-4,8,12,21H,1,5-7H2,(H,17,22)(H,18,19). The lowest BCUT2D eigenvalue weighted by Gasteiger charge is -2.20. The predicted octanol–water partition coefficient (Wildman–Crippen LogP) is 2.51. The van der Waals surface area contributed by atoms with Crippen molar-refractivity contribution in [2.45, 2.75) is 6.43 Å². The monoisotopic (exact) mass is 310 g/mol. The van der Waals surface area contributed by atoms with Crippen LogP contribution in [0.4, 0.5) is 19.3 Å². The quantitative estimate of drug-likeness (QED) is 0.717. The van der Waals surface area contributed by atoms with Gasteiger partial charge in [-0.3, -0.25) is 0 Å². The third kappa shape index (κ3) is 3.59. The topological polar surface area (TPSA) is 81.2 Å². The Kier molecular flexibility index (Phi) is 5.05. The van der Waals surface area contributed by atoms with Crippen molar-refractivity contribution in [3.8, 4) is 0 Å². The van der Waals surface area contributed by atoms with Crippen LogP contribution in [0.15, 0.2) is 30.9 Å². The van der Waals surface area contributed by atoms with Crippen molar-refractivity contribution in [1.82, 2.24) is 14.9 Å². The van der Waals surface area contributed by atoms with Gasteiger partial charge in [-0.2, -0.15) is 0 Å². The lowest BCUT2D eigenvalue weighted by atomic mass is 10.3. The first-order chi connectivity index (χ1) is 10.5. The van der Waals surface area contributed by atoms with Crippen LogP contribution in [0.2, 0.25) is 0 Å². The third-order valence-corrected chi connectivity index (χ3v) is 2.96. The molecule has 0 radical (unpaired) electrons. The molecule has 2 aromatic rings. The number of nitrogens with zero attached hydrogens (tertiary/aromatic N) is 2. The molecule has 0 saturated carbocycles. The van der Waals surface area contributed by atoms with Gasteiger partial charge in [-0.15, -0.1) is 6.58 Å². The van der Waals surface area contributed by atoms with Crippen molar-refractivity contribution in [3.63, 3.8) is 0 Å². The molecule has 0 unspecified atom stereocenters. The van der Waals surface area contributed by atoms with Gasteiger partial charge in [-0.1, -0.05) is 6.08 Å². The number of H-pyrrole nitrogens is 1. The number of fused-ring (bicyclic) bond motifs is 1. The molecule has 0 aliphatic rings. The van der Waals surface area contributed by atoms with Crippen molar-refractivity contribution in [2.24, 2.45) is 0 Å². The van der Waals surface area contributed by atoms with E-state index in [1.807, 2.05) is 0 Å². The van der Waals surface area contributed by atoms with Crippen molar-refractivity contribution < 1.29 is 18.7 Å². The van der Waals surface area contributed by atoms with E-state index in [9.17, 15) is 13.6 Å². The molecule has 22 heavy (non-hydrogen) atoms. The molecule has 0 bridgehead atoms. The number of amides is 2. The Balaban J connectivity index is 2.16. The third-order valence-electron chi connectivity index (χ3n) is 2.96. The average molecular weight is 310 g/mol. The van der Waals surface area contributed by atoms with Crippen molar-refractivity contribution in [2.75, 3.05) is 25.0 Å². The van der Waals surface area contributed by atoms with Gasteiger partial charge in [0.05, 0.1) is 17.6 Å². The van der Waals surface area contributed by atoms with Crippen LogP contribution in [0.5, 0.6) is 0 Å². The molecule has 2 rings (SSSR count). The lowest BCUT2D eigenvalue weighted by Crippen LogP contribution is -2.37. The Labute approximate surface area is 125 Å². The molecule has 0 saturated heterocycles. The highest BCUT2D eigenvalue weighted by molar-refractivity contribution is 5.92. The SMILES string of the molecule is C=CCN(CCO)C(=O)Nc1ccc2nc(C(F)F)[nH]c2c1. The maximum atomic E-state index is 12.6. The summed E-state index contributed by atoms with van der Waals surface area (Å²) in [5.74, 6) is -0.410. The second-order valence-corrected chi connectivity index (χ2v) is 4.54. The summed E-state index contributed by atoms with van der Waals surface area (Å²) < 4.78 is 25.2. The highest BCUT2D eigenvalue weighted by atomic mass is 19.3. The minimum absolute atomic E-state index is 0.166. The summed E-state index contributed by atoms with van der Waals surface area (Å²) in [6, 6.07) is 4.22. The molecule has 2 amide bonds. The van der Waals surface area contributed by atoms with E-state index < -0.39 is 18.3 Å². The summed E-state index contributed by atoms with van der Waals surface area (Å²) in [6.07, 6.45) is -1.14. The number of aromatic amines is 1. The highest BCUT2D eigenvalue weighted by Gasteiger charge is 2.14. The summed E-state index contributed by atoms with van der Waals surface area (Å²) in [6.45, 7) is 3.83. The van der Waals surface area contributed by atoms with Gasteiger partial charge in [-0.05, 0) is 18.2 Å². The van der Waals surface area contributed by atoms with Crippen LogP contribution in [-0.4, -0.2) is 45.7 Å². The molecule has 6 nitrogen and oxygen atoms in total. The van der Waals surface area contributed by atoms with Crippen molar-refractivity contribution in [3.05, 3.63) is 36.7 Å². The Morgan fingerprint density at radius 3 is 2.95 bits per heavy atom. The second-order valence-electron chi connectivity index (χ2n) is 4.54. The number of urea groups is 1. The number of aromatic nitrogens is 2. The Morgan fingerprint density at radius 2 is 2.32 bits per heavy atom. The molecular weight excluding hydrogens is 294 g/mol. The number of hydrogen-bond acceptors (Lipinski definition) is 3. The van der Waals surface area contributed by atoms with Crippen LogP contribution in [0.3, 0.4) is 0 Å². The fourth-order valence-electron chi connectivity index (χ4n) is 1.97. The van der Waals surface area contributed by atoms with Crippen LogP contribution in [0, 0.1) is 0 Å². The zero-order chi connectivity index (χ0) is 16.1. The van der Waals surface area contributed by atoms with E-state index in [0.29, 0.717) is 16.7 Å². The normalized spacial score (nSPS) is 10.9. The number of hydrogen-bond donors (Lipinski definition) is 3. The van der Waals surface area contributed by atoms with E-state index in [1.54, 1.807) is 12.1 Å². The summed E-state index contributed by atoms with van der Waals surface area (Å²) in [4.78, 5) is 19.7. The van der Waals surface area contributed by atoms with Crippen LogP contribution >= 0.6 is 0 Å². The first-order valence-electron chi connectivity index (χ1n) is 6.60. The molecule has 8 heteroatoms. The van der Waals surface area contributed by atoms with Crippen molar-refractivity contribution >= 4 is 22.8 Å². The Bertz CT molecular complexity index is 672. The lowest BCUT2D eigenvalue weighted by molar-refractivity contribution is 0.142. The molecule has 1 aromatic heterocycles. The molecule has 0 aliphatic carbocycles. The van der Waals surface area contributed by atoms with Crippen molar-refractivity contribution in [1.29, 1.82) is 0 Å². The number of anilines is 1. The molecule has 0 atom stereocenters. The van der Waals surface area contributed by atoms with Crippen LogP contribution < -0.4 is 5.32 Å². The smallest absolute Gasteiger partial charge is 0.322 e. The molecule has 0 fully saturated rings. The van der Waals surface area contributed by atoms with E-state index in [1.165, 1.54) is 17.0 Å². The van der Waals surface area contributed by atoms with Gasteiger partial charge in [0.25, 0.3) is 6.43 Å². The van der Waals surface area contributed by atoms with Crippen LogP contribution in [-0.2, 0) is 0 Å². The number of carbonyl (C=O) groups excluding carboxylic acids is 1. The zero-order valence-electron chi connectivity index (χ0n) is 11.7. The van der Waals surface area contributed by atoms with Gasteiger partial charge >= 0.3 is 6.03 Å². The molecule has 1 aromatic carbocycles. The molecule has 118 valence electrons. The van der Waals surface area contributed by atoms with E-state index >= 15 is 0 Å². The van der Waals surface area contributed by atoms with Gasteiger partial charge in [0.15, 0.2) is 5.82 Å². The fourth-order valence-corrected chi connectivity index (χ4v) is 1.97. The first-order valence-corrected chi connectivity index (χ1v) is 6.60. The van der Waals surface area contributed by atoms with Gasteiger partial charge in [-0.25, -0.2) is 18.6 Å². The number of halogens is 2. The van der Waals surface area contributed by atoms with Crippen LogP contribution in [0.25, 0.3) is 11.0 Å². The largest absolute Gasteiger partial charge is 0.395 e. The fraction of sp³-hybridized carbons (Fsp3) is 0.286. The van der Waals surface area contributed by atoms with Gasteiger partial charge in [0.1, 0.15) is 0 Å². The summed E-state index contributed by atoms with van der Waals surface area (Å²) in [7, 11) is 0. The van der Waals surface area contributed by atoms with E-state index in [-0.39, 0.29) is 19.7 Å². The van der Waals surface area contributed by atoms with Gasteiger partial charge in [0, 0.05) is 18.8 Å². The number of carbonyl (C=O) groups is 1. The Morgan fingerprint density at radius 1 is 1.55 bits per heavy atom. The van der Waals surface area contributed by atoms with Gasteiger partial charge in [0.2, 0.25) is 0 Å². The van der Waals surface area contributed by atoms with E-state index in [2.05, 4.69) is 21.9 Å². The molecule has 0 spiro atoms. The average Bonchev–Trinajstić information content (AvgIpc) is 2.90.